The molecule has 25 heavy (non-hydrogen) atoms. The van der Waals surface area contributed by atoms with Gasteiger partial charge < -0.3 is 10.6 Å². The van der Waals surface area contributed by atoms with Gasteiger partial charge in [0.05, 0.1) is 0 Å². The molecule has 0 spiro atoms. The van der Waals surface area contributed by atoms with E-state index >= 15 is 0 Å². The summed E-state index contributed by atoms with van der Waals surface area (Å²) in [6.07, 6.45) is 0.773. The van der Waals surface area contributed by atoms with Gasteiger partial charge in [-0.05, 0) is 23.6 Å². The molecule has 1 fully saturated rings. The second kappa shape index (κ2) is 7.17. The van der Waals surface area contributed by atoms with E-state index < -0.39 is 23.9 Å². The van der Waals surface area contributed by atoms with Crippen molar-refractivity contribution < 1.29 is 14.4 Å². The number of anilines is 1. The molecule has 3 rings (SSSR count). The summed E-state index contributed by atoms with van der Waals surface area (Å²) < 4.78 is 0. The van der Waals surface area contributed by atoms with Gasteiger partial charge >= 0.3 is 6.03 Å². The molecule has 0 saturated carbocycles. The van der Waals surface area contributed by atoms with E-state index in [2.05, 4.69) is 10.6 Å². The Hall–Kier alpha value is -3.15. The van der Waals surface area contributed by atoms with Crippen molar-refractivity contribution in [2.75, 3.05) is 11.9 Å². The van der Waals surface area contributed by atoms with E-state index in [1.165, 1.54) is 0 Å². The number of urea groups is 1. The van der Waals surface area contributed by atoms with Crippen molar-refractivity contribution >= 4 is 23.5 Å². The number of hydrogen-bond acceptors (Lipinski definition) is 3. The molecule has 0 aliphatic carbocycles. The molecule has 0 radical (unpaired) electrons. The van der Waals surface area contributed by atoms with Crippen molar-refractivity contribution in [1.29, 1.82) is 0 Å². The highest BCUT2D eigenvalue weighted by Crippen LogP contribution is 2.22. The summed E-state index contributed by atoms with van der Waals surface area (Å²) >= 11 is 0. The first-order valence-electron chi connectivity index (χ1n) is 8.14. The maximum absolute atomic E-state index is 12.5. The van der Waals surface area contributed by atoms with E-state index in [-0.39, 0.29) is 6.54 Å². The largest absolute Gasteiger partial charge is 0.325 e. The zero-order valence-electron chi connectivity index (χ0n) is 13.9. The van der Waals surface area contributed by atoms with Crippen LogP contribution in [-0.4, -0.2) is 29.3 Å². The molecule has 4 amide bonds. The summed E-state index contributed by atoms with van der Waals surface area (Å²) in [4.78, 5) is 37.8. The van der Waals surface area contributed by atoms with Crippen molar-refractivity contribution in [3.63, 3.8) is 0 Å². The molecule has 2 N–H and O–H groups in total. The van der Waals surface area contributed by atoms with Crippen molar-refractivity contribution in [2.45, 2.75) is 19.4 Å². The van der Waals surface area contributed by atoms with Gasteiger partial charge in [0, 0.05) is 5.69 Å². The van der Waals surface area contributed by atoms with Crippen LogP contribution in [0.15, 0.2) is 54.6 Å². The number of imide groups is 1. The van der Waals surface area contributed by atoms with Gasteiger partial charge in [0.25, 0.3) is 5.91 Å². The number of carbonyl (C=O) groups is 3. The summed E-state index contributed by atoms with van der Waals surface area (Å²) in [5.41, 5.74) is 2.39. The Bertz CT molecular complexity index is 805. The first-order valence-corrected chi connectivity index (χ1v) is 8.14. The lowest BCUT2D eigenvalue weighted by Crippen LogP contribution is -2.38. The van der Waals surface area contributed by atoms with Gasteiger partial charge in [-0.15, -0.1) is 0 Å². The maximum atomic E-state index is 12.5. The van der Waals surface area contributed by atoms with Crippen molar-refractivity contribution in [1.82, 2.24) is 10.2 Å². The first kappa shape index (κ1) is 16.7. The zero-order chi connectivity index (χ0) is 17.8. The van der Waals surface area contributed by atoms with Gasteiger partial charge in [-0.3, -0.25) is 14.5 Å². The van der Waals surface area contributed by atoms with Crippen LogP contribution in [0.2, 0.25) is 0 Å². The predicted octanol–water partition coefficient (Wildman–Crippen LogP) is 2.48. The summed E-state index contributed by atoms with van der Waals surface area (Å²) in [5, 5.41) is 5.39. The number of carbonyl (C=O) groups excluding carboxylic acids is 3. The number of hydrogen-bond donors (Lipinski definition) is 2. The number of aryl methyl sites for hydroxylation is 1. The normalized spacial score (nSPS) is 16.7. The second-order valence-corrected chi connectivity index (χ2v) is 5.78. The third-order valence-corrected chi connectivity index (χ3v) is 4.13. The molecule has 1 saturated heterocycles. The fraction of sp³-hybridized carbons (Fsp3) is 0.211. The average molecular weight is 337 g/mol. The van der Waals surface area contributed by atoms with Crippen molar-refractivity contribution in [3.8, 4) is 0 Å². The molecular weight excluding hydrogens is 318 g/mol. The highest BCUT2D eigenvalue weighted by Gasteiger charge is 2.39. The molecule has 2 aromatic rings. The molecule has 0 bridgehead atoms. The minimum absolute atomic E-state index is 0.313. The van der Waals surface area contributed by atoms with E-state index in [0.717, 1.165) is 16.9 Å². The Kier molecular flexibility index (Phi) is 4.79. The molecule has 6 nitrogen and oxygen atoms in total. The molecule has 1 heterocycles. The van der Waals surface area contributed by atoms with E-state index in [1.54, 1.807) is 30.3 Å². The van der Waals surface area contributed by atoms with Crippen LogP contribution in [0.25, 0.3) is 0 Å². The Morgan fingerprint density at radius 2 is 1.76 bits per heavy atom. The maximum Gasteiger partial charge on any atom is 0.325 e. The summed E-state index contributed by atoms with van der Waals surface area (Å²) in [7, 11) is 0. The first-order chi connectivity index (χ1) is 12.1. The van der Waals surface area contributed by atoms with Gasteiger partial charge in [-0.25, -0.2) is 4.79 Å². The number of para-hydroxylation sites is 1. The number of rotatable bonds is 5. The van der Waals surface area contributed by atoms with Crippen LogP contribution in [0.1, 0.15) is 24.1 Å². The quantitative estimate of drug-likeness (QED) is 0.823. The summed E-state index contributed by atoms with van der Waals surface area (Å²) in [6, 6.07) is 15.1. The molecule has 1 aliphatic heterocycles. The average Bonchev–Trinajstić information content (AvgIpc) is 2.91. The van der Waals surface area contributed by atoms with Crippen molar-refractivity contribution in [2.24, 2.45) is 0 Å². The van der Waals surface area contributed by atoms with Gasteiger partial charge in [0.1, 0.15) is 12.6 Å². The lowest BCUT2D eigenvalue weighted by molar-refractivity contribution is -0.130. The smallest absolute Gasteiger partial charge is 0.324 e. The Labute approximate surface area is 145 Å². The minimum Gasteiger partial charge on any atom is -0.324 e. The van der Waals surface area contributed by atoms with Crippen LogP contribution in [0.4, 0.5) is 10.5 Å². The van der Waals surface area contributed by atoms with E-state index in [9.17, 15) is 14.4 Å². The van der Waals surface area contributed by atoms with Crippen LogP contribution in [0.3, 0.4) is 0 Å². The Balaban J connectivity index is 1.69. The topological polar surface area (TPSA) is 78.5 Å². The van der Waals surface area contributed by atoms with Crippen LogP contribution in [0, 0.1) is 0 Å². The zero-order valence-corrected chi connectivity index (χ0v) is 13.9. The van der Waals surface area contributed by atoms with E-state index in [0.29, 0.717) is 11.3 Å². The SMILES string of the molecule is CCc1ccccc1NC(=O)CN1C(=O)NC(c2ccccc2)C1=O. The highest BCUT2D eigenvalue weighted by atomic mass is 16.2. The number of benzene rings is 2. The molecule has 6 heteroatoms. The third kappa shape index (κ3) is 3.52. The molecule has 2 aromatic carbocycles. The summed E-state index contributed by atoms with van der Waals surface area (Å²) in [5.74, 6) is -0.826. The number of nitrogens with zero attached hydrogens (tertiary/aromatic N) is 1. The number of amides is 4. The predicted molar refractivity (Wildman–Crippen MR) is 93.9 cm³/mol. The Morgan fingerprint density at radius 1 is 1.08 bits per heavy atom. The fourth-order valence-electron chi connectivity index (χ4n) is 2.82. The van der Waals surface area contributed by atoms with E-state index in [1.807, 2.05) is 31.2 Å². The highest BCUT2D eigenvalue weighted by molar-refractivity contribution is 6.08. The number of nitrogens with one attached hydrogen (secondary N) is 2. The monoisotopic (exact) mass is 337 g/mol. The molecule has 1 aliphatic rings. The lowest BCUT2D eigenvalue weighted by atomic mass is 10.1. The molecular formula is C19H19N3O3. The van der Waals surface area contributed by atoms with Crippen LogP contribution in [0.5, 0.6) is 0 Å². The molecule has 1 unspecified atom stereocenters. The van der Waals surface area contributed by atoms with E-state index in [4.69, 9.17) is 0 Å². The van der Waals surface area contributed by atoms with Gasteiger partial charge in [-0.2, -0.15) is 0 Å². The fourth-order valence-corrected chi connectivity index (χ4v) is 2.82. The molecule has 1 atom stereocenters. The lowest BCUT2D eigenvalue weighted by Gasteiger charge is -2.14. The molecule has 128 valence electrons. The van der Waals surface area contributed by atoms with Crippen LogP contribution >= 0.6 is 0 Å². The van der Waals surface area contributed by atoms with Crippen LogP contribution < -0.4 is 10.6 Å². The van der Waals surface area contributed by atoms with Gasteiger partial charge in [-0.1, -0.05) is 55.5 Å². The standard InChI is InChI=1S/C19H19N3O3/c1-2-13-8-6-7-11-15(13)20-16(23)12-22-18(24)17(21-19(22)25)14-9-4-3-5-10-14/h3-11,17H,2,12H2,1H3,(H,20,23)(H,21,25). The van der Waals surface area contributed by atoms with Gasteiger partial charge in [0.2, 0.25) is 5.91 Å². The van der Waals surface area contributed by atoms with Crippen LogP contribution in [-0.2, 0) is 16.0 Å². The minimum atomic E-state index is -0.746. The van der Waals surface area contributed by atoms with Crippen molar-refractivity contribution in [3.05, 3.63) is 65.7 Å². The second-order valence-electron chi connectivity index (χ2n) is 5.78. The Morgan fingerprint density at radius 3 is 2.48 bits per heavy atom. The van der Waals surface area contributed by atoms with Gasteiger partial charge in [0.15, 0.2) is 0 Å². The molecule has 0 aromatic heterocycles. The third-order valence-electron chi connectivity index (χ3n) is 4.13. The summed E-state index contributed by atoms with van der Waals surface area (Å²) in [6.45, 7) is 1.68.